The zero-order chi connectivity index (χ0) is 10.8. The van der Waals surface area contributed by atoms with Crippen LogP contribution in [0.15, 0.2) is 22.6 Å². The molecule has 80 valence electrons. The molecule has 0 spiro atoms. The van der Waals surface area contributed by atoms with Crippen LogP contribution in [0.5, 0.6) is 0 Å². The Balaban J connectivity index is 2.42. The number of benzene rings is 1. The molecule has 1 aromatic carbocycles. The van der Waals surface area contributed by atoms with E-state index >= 15 is 0 Å². The molecular formula is C13H17NO. The van der Waals surface area contributed by atoms with Gasteiger partial charge in [-0.1, -0.05) is 19.1 Å². The summed E-state index contributed by atoms with van der Waals surface area (Å²) in [6, 6.07) is 6.38. The lowest BCUT2D eigenvalue weighted by atomic mass is 10.1. The van der Waals surface area contributed by atoms with Crippen molar-refractivity contribution in [2.75, 3.05) is 6.54 Å². The van der Waals surface area contributed by atoms with Crippen LogP contribution in [-0.2, 0) is 6.54 Å². The third-order valence-electron chi connectivity index (χ3n) is 2.81. The molecule has 0 aliphatic heterocycles. The van der Waals surface area contributed by atoms with E-state index in [0.717, 1.165) is 24.4 Å². The van der Waals surface area contributed by atoms with E-state index in [1.54, 1.807) is 0 Å². The summed E-state index contributed by atoms with van der Waals surface area (Å²) >= 11 is 0. The summed E-state index contributed by atoms with van der Waals surface area (Å²) in [5.74, 6) is 1.01. The van der Waals surface area contributed by atoms with Crippen molar-refractivity contribution in [2.45, 2.75) is 27.3 Å². The molecule has 0 atom stereocenters. The van der Waals surface area contributed by atoms with Crippen molar-refractivity contribution in [3.8, 4) is 0 Å². The molecule has 1 N–H and O–H groups in total. The Labute approximate surface area is 90.3 Å². The van der Waals surface area contributed by atoms with Crippen LogP contribution in [0.25, 0.3) is 11.0 Å². The van der Waals surface area contributed by atoms with Gasteiger partial charge in [0.15, 0.2) is 0 Å². The fraction of sp³-hybridized carbons (Fsp3) is 0.385. The summed E-state index contributed by atoms with van der Waals surface area (Å²) < 4.78 is 5.82. The van der Waals surface area contributed by atoms with E-state index in [4.69, 9.17) is 4.42 Å². The molecular weight excluding hydrogens is 186 g/mol. The molecule has 1 aromatic heterocycles. The van der Waals surface area contributed by atoms with Gasteiger partial charge in [0.2, 0.25) is 0 Å². The molecule has 2 rings (SSSR count). The Morgan fingerprint density at radius 2 is 2.07 bits per heavy atom. The van der Waals surface area contributed by atoms with Crippen molar-refractivity contribution < 1.29 is 4.42 Å². The first-order valence-electron chi connectivity index (χ1n) is 5.41. The van der Waals surface area contributed by atoms with Gasteiger partial charge in [-0.05, 0) is 37.6 Å². The van der Waals surface area contributed by atoms with Gasteiger partial charge in [0.05, 0.1) is 6.54 Å². The quantitative estimate of drug-likeness (QED) is 0.829. The minimum atomic E-state index is 0.809. The Kier molecular flexibility index (Phi) is 2.78. The maximum atomic E-state index is 5.82. The lowest BCUT2D eigenvalue weighted by Crippen LogP contribution is -2.10. The van der Waals surface area contributed by atoms with Gasteiger partial charge in [0.25, 0.3) is 0 Å². The summed E-state index contributed by atoms with van der Waals surface area (Å²) in [6.45, 7) is 8.09. The van der Waals surface area contributed by atoms with Crippen molar-refractivity contribution in [3.05, 3.63) is 35.1 Å². The first kappa shape index (κ1) is 10.2. The number of rotatable bonds is 3. The van der Waals surface area contributed by atoms with Gasteiger partial charge in [0.1, 0.15) is 11.3 Å². The van der Waals surface area contributed by atoms with Gasteiger partial charge in [0, 0.05) is 5.39 Å². The van der Waals surface area contributed by atoms with Crippen molar-refractivity contribution in [1.82, 2.24) is 5.32 Å². The number of furan rings is 1. The molecule has 1 heterocycles. The molecule has 0 aliphatic carbocycles. The fourth-order valence-electron chi connectivity index (χ4n) is 1.73. The van der Waals surface area contributed by atoms with Gasteiger partial charge in [-0.3, -0.25) is 0 Å². The average Bonchev–Trinajstić information content (AvgIpc) is 2.64. The maximum absolute atomic E-state index is 5.82. The second kappa shape index (κ2) is 4.07. The molecule has 2 aromatic rings. The van der Waals surface area contributed by atoms with Gasteiger partial charge in [-0.15, -0.1) is 0 Å². The highest BCUT2D eigenvalue weighted by molar-refractivity contribution is 5.82. The van der Waals surface area contributed by atoms with Gasteiger partial charge in [-0.25, -0.2) is 0 Å². The minimum absolute atomic E-state index is 0.809. The third kappa shape index (κ3) is 1.90. The average molecular weight is 203 g/mol. The number of fused-ring (bicyclic) bond motifs is 1. The number of nitrogens with one attached hydrogen (secondary N) is 1. The zero-order valence-corrected chi connectivity index (χ0v) is 9.55. The van der Waals surface area contributed by atoms with E-state index in [1.807, 2.05) is 0 Å². The van der Waals surface area contributed by atoms with Crippen LogP contribution in [0.4, 0.5) is 0 Å². The number of aryl methyl sites for hydroxylation is 2. The Morgan fingerprint density at radius 3 is 2.80 bits per heavy atom. The van der Waals surface area contributed by atoms with Gasteiger partial charge >= 0.3 is 0 Å². The first-order valence-corrected chi connectivity index (χ1v) is 5.41. The molecule has 0 fully saturated rings. The highest BCUT2D eigenvalue weighted by Crippen LogP contribution is 2.24. The van der Waals surface area contributed by atoms with Crippen molar-refractivity contribution >= 4 is 11.0 Å². The normalized spacial score (nSPS) is 11.1. The summed E-state index contributed by atoms with van der Waals surface area (Å²) in [6.07, 6.45) is 0. The zero-order valence-electron chi connectivity index (χ0n) is 9.55. The van der Waals surface area contributed by atoms with E-state index < -0.39 is 0 Å². The van der Waals surface area contributed by atoms with E-state index in [-0.39, 0.29) is 0 Å². The Morgan fingerprint density at radius 1 is 1.27 bits per heavy atom. The highest BCUT2D eigenvalue weighted by Gasteiger charge is 2.06. The maximum Gasteiger partial charge on any atom is 0.137 e. The number of hydrogen-bond acceptors (Lipinski definition) is 2. The predicted molar refractivity (Wildman–Crippen MR) is 63.1 cm³/mol. The van der Waals surface area contributed by atoms with E-state index in [1.165, 1.54) is 16.5 Å². The number of hydrogen-bond donors (Lipinski definition) is 1. The fourth-order valence-corrected chi connectivity index (χ4v) is 1.73. The third-order valence-corrected chi connectivity index (χ3v) is 2.81. The van der Waals surface area contributed by atoms with Crippen LogP contribution in [0.1, 0.15) is 23.8 Å². The molecule has 0 bridgehead atoms. The van der Waals surface area contributed by atoms with Crippen LogP contribution in [-0.4, -0.2) is 6.54 Å². The van der Waals surface area contributed by atoms with Crippen molar-refractivity contribution in [2.24, 2.45) is 0 Å². The van der Waals surface area contributed by atoms with Crippen molar-refractivity contribution in [3.63, 3.8) is 0 Å². The van der Waals surface area contributed by atoms with Gasteiger partial charge in [-0.2, -0.15) is 0 Å². The largest absolute Gasteiger partial charge is 0.459 e. The molecule has 2 heteroatoms. The monoisotopic (exact) mass is 203 g/mol. The van der Waals surface area contributed by atoms with Crippen molar-refractivity contribution in [1.29, 1.82) is 0 Å². The van der Waals surface area contributed by atoms with Crippen LogP contribution in [0.3, 0.4) is 0 Å². The van der Waals surface area contributed by atoms with E-state index in [2.05, 4.69) is 44.3 Å². The Hall–Kier alpha value is -1.28. The second-order valence-electron chi connectivity index (χ2n) is 3.92. The molecule has 0 saturated carbocycles. The Bertz CT molecular complexity index is 471. The molecule has 2 nitrogen and oxygen atoms in total. The molecule has 0 aliphatic rings. The van der Waals surface area contributed by atoms with Crippen LogP contribution >= 0.6 is 0 Å². The SMILES string of the molecule is CCNCc1cc2ccc(C)c(C)c2o1. The molecule has 0 unspecified atom stereocenters. The van der Waals surface area contributed by atoms with Crippen LogP contribution in [0, 0.1) is 13.8 Å². The standard InChI is InChI=1S/C13H17NO/c1-4-14-8-12-7-11-6-5-9(2)10(3)13(11)15-12/h5-7,14H,4,8H2,1-3H3. The summed E-state index contributed by atoms with van der Waals surface area (Å²) in [5.41, 5.74) is 3.56. The molecule has 15 heavy (non-hydrogen) atoms. The summed E-state index contributed by atoms with van der Waals surface area (Å²) in [5, 5.41) is 4.47. The summed E-state index contributed by atoms with van der Waals surface area (Å²) in [7, 11) is 0. The predicted octanol–water partition coefficient (Wildman–Crippen LogP) is 3.16. The lowest BCUT2D eigenvalue weighted by Gasteiger charge is -1.99. The highest BCUT2D eigenvalue weighted by atomic mass is 16.3. The van der Waals surface area contributed by atoms with Crippen LogP contribution in [0.2, 0.25) is 0 Å². The lowest BCUT2D eigenvalue weighted by molar-refractivity contribution is 0.518. The van der Waals surface area contributed by atoms with E-state index in [0.29, 0.717) is 0 Å². The smallest absolute Gasteiger partial charge is 0.137 e. The van der Waals surface area contributed by atoms with Gasteiger partial charge < -0.3 is 9.73 Å². The minimum Gasteiger partial charge on any atom is -0.459 e. The second-order valence-corrected chi connectivity index (χ2v) is 3.92. The first-order chi connectivity index (χ1) is 7.22. The van der Waals surface area contributed by atoms with E-state index in [9.17, 15) is 0 Å². The molecule has 0 amide bonds. The summed E-state index contributed by atoms with van der Waals surface area (Å²) in [4.78, 5) is 0. The molecule has 0 radical (unpaired) electrons. The molecule has 0 saturated heterocycles. The topological polar surface area (TPSA) is 25.2 Å². The van der Waals surface area contributed by atoms with Crippen LogP contribution < -0.4 is 5.32 Å².